The number of carbonyl (C=O) groups is 1. The monoisotopic (exact) mass is 782 g/mol. The zero-order valence-corrected chi connectivity index (χ0v) is 28.1. The fourth-order valence-electron chi connectivity index (χ4n) is 6.95. The van der Waals surface area contributed by atoms with Crippen LogP contribution in [0.5, 0.6) is 51.7 Å². The van der Waals surface area contributed by atoms with Crippen LogP contribution < -0.4 is 4.74 Å². The van der Waals surface area contributed by atoms with Crippen LogP contribution in [0.1, 0.15) is 50.9 Å². The van der Waals surface area contributed by atoms with Crippen molar-refractivity contribution in [2.75, 3.05) is 13.2 Å². The molecule has 0 unspecified atom stereocenters. The van der Waals surface area contributed by atoms with Gasteiger partial charge < -0.3 is 101 Å². The summed E-state index contributed by atoms with van der Waals surface area (Å²) >= 11 is 0. The Morgan fingerprint density at radius 3 is 1.51 bits per heavy atom. The minimum absolute atomic E-state index is 0.246. The fourth-order valence-corrected chi connectivity index (χ4v) is 6.95. The average molecular weight is 783 g/mol. The predicted octanol–water partition coefficient (Wildman–Crippen LogP) is -2.74. The van der Waals surface area contributed by atoms with E-state index in [1.165, 1.54) is 0 Å². The Bertz CT molecular complexity index is 1900. The van der Waals surface area contributed by atoms with Gasteiger partial charge in [-0.3, -0.25) is 0 Å². The first-order valence-electron chi connectivity index (χ1n) is 16.5. The van der Waals surface area contributed by atoms with Gasteiger partial charge in [0.15, 0.2) is 40.6 Å². The van der Waals surface area contributed by atoms with Gasteiger partial charge in [-0.15, -0.1) is 0 Å². The molecule has 3 aromatic rings. The molecule has 0 aromatic heterocycles. The molecule has 300 valence electrons. The number of phenols is 8. The smallest absolute Gasteiger partial charge is 0.338 e. The second kappa shape index (κ2) is 14.9. The van der Waals surface area contributed by atoms with Gasteiger partial charge in [-0.25, -0.2) is 4.79 Å². The van der Waals surface area contributed by atoms with Crippen molar-refractivity contribution in [3.05, 3.63) is 52.1 Å². The molecular weight excluding hydrogens is 744 g/mol. The number of hydrogen-bond acceptors (Lipinski definition) is 21. The number of aliphatic hydroxyl groups excluding tert-OH is 8. The van der Waals surface area contributed by atoms with Gasteiger partial charge in [0.05, 0.1) is 29.9 Å². The Hall–Kier alpha value is -5.07. The van der Waals surface area contributed by atoms with Crippen LogP contribution in [0.2, 0.25) is 0 Å². The third-order valence-electron chi connectivity index (χ3n) is 9.90. The van der Waals surface area contributed by atoms with Gasteiger partial charge in [-0.1, -0.05) is 0 Å². The summed E-state index contributed by atoms with van der Waals surface area (Å²) in [6.45, 7) is -1.89. The van der Waals surface area contributed by atoms with Gasteiger partial charge in [0.1, 0.15) is 84.4 Å². The summed E-state index contributed by atoms with van der Waals surface area (Å²) in [4.78, 5) is 13.5. The minimum Gasteiger partial charge on any atom is -0.507 e. The molecule has 0 saturated carbocycles. The molecule has 0 aliphatic carbocycles. The van der Waals surface area contributed by atoms with E-state index in [0.29, 0.717) is 0 Å². The standard InChI is InChI=1S/C34H38O21/c35-6-16-23(44)26(47)28(49)32(52-16)18-20(41)10-5-15(54-34(51)9-3-13(39)22(43)14(40)4-9)30(8-1-11(37)21(42)12(38)2-8)55-31(10)19(25(18)46)33-29(50)27(48)24(45)17(7-36)53-33/h1-4,15-17,23-24,26-30,32-33,35-50H,5-7H2/t15-,16-,17-,23-,24-,26+,27+,28-,29-,30+,32+,33+/m1/s1. The number of aromatic hydroxyl groups is 8. The molecule has 2 saturated heterocycles. The predicted molar refractivity (Wildman–Crippen MR) is 174 cm³/mol. The van der Waals surface area contributed by atoms with Crippen molar-refractivity contribution >= 4 is 5.97 Å². The minimum atomic E-state index is -2.14. The lowest BCUT2D eigenvalue weighted by atomic mass is 9.82. The number of benzene rings is 3. The van der Waals surface area contributed by atoms with Gasteiger partial charge in [-0.2, -0.15) is 0 Å². The number of rotatable bonds is 7. The normalized spacial score (nSPS) is 32.0. The molecule has 21 nitrogen and oxygen atoms in total. The molecule has 12 atom stereocenters. The highest BCUT2D eigenvalue weighted by molar-refractivity contribution is 5.91. The van der Waals surface area contributed by atoms with E-state index in [2.05, 4.69) is 0 Å². The van der Waals surface area contributed by atoms with E-state index < -0.39 is 173 Å². The molecule has 0 radical (unpaired) electrons. The van der Waals surface area contributed by atoms with Crippen LogP contribution >= 0.6 is 0 Å². The van der Waals surface area contributed by atoms with Crippen molar-refractivity contribution in [2.45, 2.75) is 79.7 Å². The van der Waals surface area contributed by atoms with Crippen molar-refractivity contribution < 1.29 is 105 Å². The molecule has 55 heavy (non-hydrogen) atoms. The van der Waals surface area contributed by atoms with Gasteiger partial charge in [0, 0.05) is 17.5 Å². The van der Waals surface area contributed by atoms with Crippen LogP contribution in [0.15, 0.2) is 24.3 Å². The van der Waals surface area contributed by atoms with Crippen LogP contribution in [0.25, 0.3) is 0 Å². The molecule has 3 aliphatic heterocycles. The van der Waals surface area contributed by atoms with E-state index in [-0.39, 0.29) is 5.56 Å². The highest BCUT2D eigenvalue weighted by Crippen LogP contribution is 2.56. The van der Waals surface area contributed by atoms with Crippen molar-refractivity contribution in [2.24, 2.45) is 0 Å². The van der Waals surface area contributed by atoms with Gasteiger partial charge in [-0.05, 0) is 24.3 Å². The zero-order valence-electron chi connectivity index (χ0n) is 28.1. The number of ether oxygens (including phenoxy) is 4. The van der Waals surface area contributed by atoms with Crippen molar-refractivity contribution in [3.63, 3.8) is 0 Å². The van der Waals surface area contributed by atoms with Crippen molar-refractivity contribution in [1.82, 2.24) is 0 Å². The summed E-state index contributed by atoms with van der Waals surface area (Å²) < 4.78 is 23.1. The Morgan fingerprint density at radius 1 is 0.582 bits per heavy atom. The van der Waals surface area contributed by atoms with E-state index in [0.717, 1.165) is 24.3 Å². The van der Waals surface area contributed by atoms with Crippen molar-refractivity contribution in [3.8, 4) is 51.7 Å². The highest BCUT2D eigenvalue weighted by atomic mass is 16.6. The van der Waals surface area contributed by atoms with Crippen LogP contribution in [-0.2, 0) is 20.6 Å². The van der Waals surface area contributed by atoms with E-state index in [1.807, 2.05) is 0 Å². The van der Waals surface area contributed by atoms with E-state index in [1.54, 1.807) is 0 Å². The fraction of sp³-hybridized carbons (Fsp3) is 0.441. The average Bonchev–Trinajstić information content (AvgIpc) is 3.15. The van der Waals surface area contributed by atoms with E-state index in [9.17, 15) is 86.5 Å². The maximum Gasteiger partial charge on any atom is 0.338 e. The summed E-state index contributed by atoms with van der Waals surface area (Å²) in [5, 5.41) is 168. The van der Waals surface area contributed by atoms with E-state index >= 15 is 0 Å². The Labute approximate surface area is 308 Å². The molecule has 0 spiro atoms. The molecule has 16 N–H and O–H groups in total. The van der Waals surface area contributed by atoms with Gasteiger partial charge in [0.25, 0.3) is 0 Å². The first kappa shape index (κ1) is 39.6. The van der Waals surface area contributed by atoms with Crippen LogP contribution in [-0.4, -0.2) is 156 Å². The van der Waals surface area contributed by atoms with Gasteiger partial charge in [0.2, 0.25) is 0 Å². The quantitative estimate of drug-likeness (QED) is 0.0854. The lowest BCUT2D eigenvalue weighted by Crippen LogP contribution is -2.56. The first-order chi connectivity index (χ1) is 25.9. The maximum atomic E-state index is 13.5. The Morgan fingerprint density at radius 2 is 1.04 bits per heavy atom. The number of hydrogen-bond donors (Lipinski definition) is 16. The summed E-state index contributed by atoms with van der Waals surface area (Å²) in [6.07, 6.45) is -23.5. The lowest BCUT2D eigenvalue weighted by Gasteiger charge is -2.44. The molecular formula is C34H38O21. The van der Waals surface area contributed by atoms with Gasteiger partial charge >= 0.3 is 5.97 Å². The molecule has 2 fully saturated rings. The topological polar surface area (TPSA) is 378 Å². The van der Waals surface area contributed by atoms with Crippen LogP contribution in [0, 0.1) is 0 Å². The molecule has 3 aromatic carbocycles. The molecule has 3 aliphatic rings. The number of carbonyl (C=O) groups excluding carboxylic acids is 1. The summed E-state index contributed by atoms with van der Waals surface area (Å²) in [5.74, 6) is -9.59. The first-order valence-corrected chi connectivity index (χ1v) is 16.5. The second-order valence-electron chi connectivity index (χ2n) is 13.3. The maximum absolute atomic E-state index is 13.5. The lowest BCUT2D eigenvalue weighted by molar-refractivity contribution is -0.234. The molecule has 3 heterocycles. The molecule has 0 amide bonds. The number of esters is 1. The van der Waals surface area contributed by atoms with E-state index in [4.69, 9.17) is 18.9 Å². The van der Waals surface area contributed by atoms with Crippen LogP contribution in [0.3, 0.4) is 0 Å². The molecule has 0 bridgehead atoms. The van der Waals surface area contributed by atoms with Crippen LogP contribution in [0.4, 0.5) is 0 Å². The summed E-state index contributed by atoms with van der Waals surface area (Å²) in [5.41, 5.74) is -2.65. The highest BCUT2D eigenvalue weighted by Gasteiger charge is 2.52. The largest absolute Gasteiger partial charge is 0.507 e. The Balaban J connectivity index is 1.58. The zero-order chi connectivity index (χ0) is 40.4. The summed E-state index contributed by atoms with van der Waals surface area (Å²) in [6, 6.07) is 3.21. The summed E-state index contributed by atoms with van der Waals surface area (Å²) in [7, 11) is 0. The number of phenolic OH excluding ortho intramolecular Hbond substituents is 8. The number of aliphatic hydroxyl groups is 8. The third-order valence-corrected chi connectivity index (χ3v) is 9.90. The molecule has 6 rings (SSSR count). The molecule has 21 heteroatoms. The SMILES string of the molecule is O=C(O[C@@H]1Cc2c(O)c([C@@H]3O[C@H](CO)[C@@H](O)[C@H](O)[C@H]3O)c(O)c([C@@H]3O[C@H](CO)[C@@H](O)[C@H](O)[C@H]3O)c2O[C@H]1c1cc(O)c(O)c(O)c1)c1cc(O)c(O)c(O)c1. The third kappa shape index (κ3) is 6.69. The van der Waals surface area contributed by atoms with Crippen molar-refractivity contribution in [1.29, 1.82) is 0 Å². The number of fused-ring (bicyclic) bond motifs is 1. The Kier molecular flexibility index (Phi) is 10.7. The second-order valence-corrected chi connectivity index (χ2v) is 13.3.